The molecule has 2 rings (SSSR count). The molecule has 2 atom stereocenters. The molecule has 1 saturated heterocycles. The topological polar surface area (TPSA) is 36.4 Å². The molecule has 0 aliphatic carbocycles. The predicted octanol–water partition coefficient (Wildman–Crippen LogP) is 2.33. The molecular formula is C13H19ClN2O. The van der Waals surface area contributed by atoms with E-state index in [1.54, 1.807) is 6.20 Å². The largest absolute Gasteiger partial charge is 0.393 e. The zero-order valence-electron chi connectivity index (χ0n) is 10.1. The van der Waals surface area contributed by atoms with E-state index in [0.717, 1.165) is 32.5 Å². The van der Waals surface area contributed by atoms with Crippen molar-refractivity contribution in [3.05, 3.63) is 29.0 Å². The third-order valence-corrected chi connectivity index (χ3v) is 3.63. The van der Waals surface area contributed by atoms with Gasteiger partial charge in [0.2, 0.25) is 0 Å². The standard InChI is InChI=1S/C13H19ClN2O/c1-10(17)12-3-2-6-16(9-12)8-11-4-5-15-13(14)7-11/h4-5,7,10,12,17H,2-3,6,8-9H2,1H3. The van der Waals surface area contributed by atoms with Crippen molar-refractivity contribution in [2.24, 2.45) is 5.92 Å². The number of piperidine rings is 1. The summed E-state index contributed by atoms with van der Waals surface area (Å²) in [6.45, 7) is 4.85. The van der Waals surface area contributed by atoms with E-state index in [4.69, 9.17) is 11.6 Å². The van der Waals surface area contributed by atoms with Gasteiger partial charge in [-0.1, -0.05) is 11.6 Å². The summed E-state index contributed by atoms with van der Waals surface area (Å²) in [6, 6.07) is 3.91. The highest BCUT2D eigenvalue weighted by Crippen LogP contribution is 2.21. The van der Waals surface area contributed by atoms with Crippen molar-refractivity contribution in [1.29, 1.82) is 0 Å². The van der Waals surface area contributed by atoms with E-state index in [0.29, 0.717) is 11.1 Å². The molecule has 2 heterocycles. The van der Waals surface area contributed by atoms with E-state index >= 15 is 0 Å². The number of aliphatic hydroxyl groups is 1. The molecule has 0 aromatic carbocycles. The molecule has 0 bridgehead atoms. The average Bonchev–Trinajstić information content (AvgIpc) is 2.29. The van der Waals surface area contributed by atoms with Crippen LogP contribution in [0.5, 0.6) is 0 Å². The van der Waals surface area contributed by atoms with E-state index < -0.39 is 0 Å². The molecule has 0 amide bonds. The van der Waals surface area contributed by atoms with Gasteiger partial charge in [-0.2, -0.15) is 0 Å². The Bertz CT molecular complexity index is 370. The highest BCUT2D eigenvalue weighted by molar-refractivity contribution is 6.29. The van der Waals surface area contributed by atoms with Crippen molar-refractivity contribution in [2.45, 2.75) is 32.4 Å². The maximum absolute atomic E-state index is 9.65. The van der Waals surface area contributed by atoms with E-state index in [2.05, 4.69) is 9.88 Å². The number of rotatable bonds is 3. The van der Waals surface area contributed by atoms with Crippen molar-refractivity contribution < 1.29 is 5.11 Å². The van der Waals surface area contributed by atoms with Gasteiger partial charge >= 0.3 is 0 Å². The van der Waals surface area contributed by atoms with Gasteiger partial charge in [-0.25, -0.2) is 4.98 Å². The molecule has 1 aliphatic heterocycles. The Morgan fingerprint density at radius 1 is 1.65 bits per heavy atom. The van der Waals surface area contributed by atoms with Gasteiger partial charge in [0.25, 0.3) is 0 Å². The molecule has 3 nitrogen and oxygen atoms in total. The lowest BCUT2D eigenvalue weighted by atomic mass is 9.93. The van der Waals surface area contributed by atoms with Gasteiger partial charge in [-0.05, 0) is 49.9 Å². The number of aromatic nitrogens is 1. The quantitative estimate of drug-likeness (QED) is 0.841. The minimum atomic E-state index is -0.209. The minimum absolute atomic E-state index is 0.209. The zero-order chi connectivity index (χ0) is 12.3. The lowest BCUT2D eigenvalue weighted by Gasteiger charge is -2.34. The Morgan fingerprint density at radius 3 is 3.18 bits per heavy atom. The second-order valence-corrected chi connectivity index (χ2v) is 5.25. The minimum Gasteiger partial charge on any atom is -0.393 e. The number of hydrogen-bond acceptors (Lipinski definition) is 3. The first-order valence-corrected chi connectivity index (χ1v) is 6.54. The Morgan fingerprint density at radius 2 is 2.47 bits per heavy atom. The average molecular weight is 255 g/mol. The number of aliphatic hydroxyl groups excluding tert-OH is 1. The molecule has 17 heavy (non-hydrogen) atoms. The van der Waals surface area contributed by atoms with E-state index in [1.165, 1.54) is 5.56 Å². The first-order chi connectivity index (χ1) is 8.15. The Hall–Kier alpha value is -0.640. The molecule has 0 saturated carbocycles. The predicted molar refractivity (Wildman–Crippen MR) is 68.9 cm³/mol. The summed E-state index contributed by atoms with van der Waals surface area (Å²) >= 11 is 5.87. The van der Waals surface area contributed by atoms with E-state index in [1.807, 2.05) is 19.1 Å². The van der Waals surface area contributed by atoms with Crippen molar-refractivity contribution in [2.75, 3.05) is 13.1 Å². The molecule has 1 aromatic rings. The van der Waals surface area contributed by atoms with Gasteiger partial charge in [0.15, 0.2) is 0 Å². The van der Waals surface area contributed by atoms with Crippen LogP contribution in [-0.2, 0) is 6.54 Å². The molecule has 1 aromatic heterocycles. The smallest absolute Gasteiger partial charge is 0.129 e. The normalized spacial score (nSPS) is 23.6. The summed E-state index contributed by atoms with van der Waals surface area (Å²) in [5.74, 6) is 0.404. The van der Waals surface area contributed by atoms with Gasteiger partial charge in [0, 0.05) is 19.3 Å². The molecule has 1 N–H and O–H groups in total. The molecular weight excluding hydrogens is 236 g/mol. The fourth-order valence-electron chi connectivity index (χ4n) is 2.43. The monoisotopic (exact) mass is 254 g/mol. The number of nitrogens with zero attached hydrogens (tertiary/aromatic N) is 2. The molecule has 0 radical (unpaired) electrons. The summed E-state index contributed by atoms with van der Waals surface area (Å²) in [6.07, 6.45) is 3.83. The van der Waals surface area contributed by atoms with Crippen LogP contribution in [0.3, 0.4) is 0 Å². The molecule has 0 spiro atoms. The maximum Gasteiger partial charge on any atom is 0.129 e. The van der Waals surface area contributed by atoms with Crippen LogP contribution in [0.4, 0.5) is 0 Å². The maximum atomic E-state index is 9.65. The van der Waals surface area contributed by atoms with Crippen LogP contribution in [0, 0.1) is 5.92 Å². The number of hydrogen-bond donors (Lipinski definition) is 1. The number of likely N-dealkylation sites (tertiary alicyclic amines) is 1. The first kappa shape index (κ1) is 12.8. The van der Waals surface area contributed by atoms with Crippen LogP contribution in [-0.4, -0.2) is 34.2 Å². The Kier molecular flexibility index (Phi) is 4.37. The Labute approximate surface area is 107 Å². The van der Waals surface area contributed by atoms with Gasteiger partial charge in [0.05, 0.1) is 6.10 Å². The van der Waals surface area contributed by atoms with Crippen molar-refractivity contribution in [3.8, 4) is 0 Å². The lowest BCUT2D eigenvalue weighted by Crippen LogP contribution is -2.39. The van der Waals surface area contributed by atoms with Crippen LogP contribution in [0.15, 0.2) is 18.3 Å². The van der Waals surface area contributed by atoms with Crippen molar-refractivity contribution in [3.63, 3.8) is 0 Å². The van der Waals surface area contributed by atoms with Crippen LogP contribution in [0.2, 0.25) is 5.15 Å². The lowest BCUT2D eigenvalue weighted by molar-refractivity contribution is 0.0599. The molecule has 94 valence electrons. The second-order valence-electron chi connectivity index (χ2n) is 4.86. The fourth-order valence-corrected chi connectivity index (χ4v) is 2.62. The number of pyridine rings is 1. The van der Waals surface area contributed by atoms with Crippen LogP contribution < -0.4 is 0 Å². The molecule has 1 fully saturated rings. The highest BCUT2D eigenvalue weighted by Gasteiger charge is 2.23. The van der Waals surface area contributed by atoms with Crippen LogP contribution in [0.1, 0.15) is 25.3 Å². The highest BCUT2D eigenvalue weighted by atomic mass is 35.5. The first-order valence-electron chi connectivity index (χ1n) is 6.16. The summed E-state index contributed by atoms with van der Waals surface area (Å²) in [7, 11) is 0. The van der Waals surface area contributed by atoms with Crippen molar-refractivity contribution in [1.82, 2.24) is 9.88 Å². The summed E-state index contributed by atoms with van der Waals surface area (Å²) < 4.78 is 0. The molecule has 4 heteroatoms. The van der Waals surface area contributed by atoms with Gasteiger partial charge in [-0.15, -0.1) is 0 Å². The third-order valence-electron chi connectivity index (χ3n) is 3.42. The fraction of sp³-hybridized carbons (Fsp3) is 0.615. The SMILES string of the molecule is CC(O)C1CCCN(Cc2ccnc(Cl)c2)C1. The van der Waals surface area contributed by atoms with Gasteiger partial charge in [0.1, 0.15) is 5.15 Å². The Balaban J connectivity index is 1.94. The summed E-state index contributed by atoms with van der Waals surface area (Å²) in [5.41, 5.74) is 1.19. The van der Waals surface area contributed by atoms with Crippen LogP contribution >= 0.6 is 11.6 Å². The summed E-state index contributed by atoms with van der Waals surface area (Å²) in [5, 5.41) is 10.2. The zero-order valence-corrected chi connectivity index (χ0v) is 10.9. The molecule has 1 aliphatic rings. The van der Waals surface area contributed by atoms with E-state index in [-0.39, 0.29) is 6.10 Å². The third kappa shape index (κ3) is 3.66. The van der Waals surface area contributed by atoms with Crippen molar-refractivity contribution >= 4 is 11.6 Å². The van der Waals surface area contributed by atoms with Gasteiger partial charge in [-0.3, -0.25) is 4.90 Å². The number of halogens is 1. The van der Waals surface area contributed by atoms with E-state index in [9.17, 15) is 5.11 Å². The van der Waals surface area contributed by atoms with Crippen LogP contribution in [0.25, 0.3) is 0 Å². The molecule has 2 unspecified atom stereocenters. The van der Waals surface area contributed by atoms with Gasteiger partial charge < -0.3 is 5.11 Å². The second kappa shape index (κ2) is 5.80. The summed E-state index contributed by atoms with van der Waals surface area (Å²) in [4.78, 5) is 6.36.